The molecule has 0 atom stereocenters. The van der Waals surface area contributed by atoms with Crippen LogP contribution in [0.25, 0.3) is 16.8 Å². The molecule has 0 fully saturated rings. The number of hydrogen-bond acceptors (Lipinski definition) is 5. The van der Waals surface area contributed by atoms with Crippen molar-refractivity contribution in [3.63, 3.8) is 0 Å². The van der Waals surface area contributed by atoms with E-state index in [4.69, 9.17) is 11.0 Å². The number of nitriles is 1. The minimum atomic E-state index is -4.62. The maximum atomic E-state index is 13.1. The minimum absolute atomic E-state index is 0.236. The fourth-order valence-corrected chi connectivity index (χ4v) is 2.97. The largest absolute Gasteiger partial charge is 0.419 e. The molecule has 0 bridgehead atoms. The monoisotopic (exact) mass is 422 g/mol. The van der Waals surface area contributed by atoms with Crippen molar-refractivity contribution >= 4 is 23.2 Å². The van der Waals surface area contributed by atoms with E-state index in [0.29, 0.717) is 22.3 Å². The summed E-state index contributed by atoms with van der Waals surface area (Å²) in [6, 6.07) is 12.2. The van der Waals surface area contributed by atoms with E-state index < -0.39 is 23.5 Å². The number of benzene rings is 1. The summed E-state index contributed by atoms with van der Waals surface area (Å²) in [5.41, 5.74) is 6.32. The first-order chi connectivity index (χ1) is 14.7. The Morgan fingerprint density at radius 1 is 1.10 bits per heavy atom. The van der Waals surface area contributed by atoms with E-state index >= 15 is 0 Å². The van der Waals surface area contributed by atoms with Crippen molar-refractivity contribution in [3.8, 4) is 17.2 Å². The average molecular weight is 422 g/mol. The number of nitrogen functional groups attached to an aromatic ring is 1. The maximum Gasteiger partial charge on any atom is 0.419 e. The molecule has 3 heterocycles. The van der Waals surface area contributed by atoms with Gasteiger partial charge in [0, 0.05) is 29.1 Å². The zero-order chi connectivity index (χ0) is 22.2. The van der Waals surface area contributed by atoms with Gasteiger partial charge in [0.05, 0.1) is 23.4 Å². The smallest absolute Gasteiger partial charge is 0.383 e. The van der Waals surface area contributed by atoms with Gasteiger partial charge >= 0.3 is 6.18 Å². The molecule has 31 heavy (non-hydrogen) atoms. The Labute approximate surface area is 173 Å². The lowest BCUT2D eigenvalue weighted by Crippen LogP contribution is -2.11. The van der Waals surface area contributed by atoms with E-state index in [1.807, 2.05) is 6.07 Å². The van der Waals surface area contributed by atoms with Gasteiger partial charge in [-0.1, -0.05) is 0 Å². The molecule has 3 aromatic heterocycles. The average Bonchev–Trinajstić information content (AvgIpc) is 3.14. The number of nitrogens with one attached hydrogen (secondary N) is 1. The number of anilines is 2. The lowest BCUT2D eigenvalue weighted by molar-refractivity contribution is -0.137. The summed E-state index contributed by atoms with van der Waals surface area (Å²) in [4.78, 5) is 20.3. The molecule has 10 heteroatoms. The molecule has 0 radical (unpaired) electrons. The van der Waals surface area contributed by atoms with Gasteiger partial charge in [-0.15, -0.1) is 0 Å². The van der Waals surface area contributed by atoms with E-state index in [9.17, 15) is 18.0 Å². The van der Waals surface area contributed by atoms with Crippen molar-refractivity contribution < 1.29 is 18.0 Å². The van der Waals surface area contributed by atoms with Gasteiger partial charge in [0.1, 0.15) is 11.5 Å². The van der Waals surface area contributed by atoms with Crippen LogP contribution in [0.4, 0.5) is 24.8 Å². The summed E-state index contributed by atoms with van der Waals surface area (Å²) in [5, 5.41) is 11.5. The zero-order valence-corrected chi connectivity index (χ0v) is 15.7. The molecule has 4 rings (SSSR count). The number of imidazole rings is 1. The summed E-state index contributed by atoms with van der Waals surface area (Å²) >= 11 is 0. The first kappa shape index (κ1) is 19.9. The number of pyridine rings is 2. The summed E-state index contributed by atoms with van der Waals surface area (Å²) in [5.74, 6) is -0.739. The van der Waals surface area contributed by atoms with Crippen LogP contribution in [-0.4, -0.2) is 20.3 Å². The highest BCUT2D eigenvalue weighted by Gasteiger charge is 2.34. The second-order valence-corrected chi connectivity index (χ2v) is 6.61. The van der Waals surface area contributed by atoms with Gasteiger partial charge in [0.15, 0.2) is 5.82 Å². The van der Waals surface area contributed by atoms with Crippen LogP contribution in [0.1, 0.15) is 21.5 Å². The van der Waals surface area contributed by atoms with Gasteiger partial charge in [-0.05, 0) is 42.5 Å². The molecular formula is C21H13F3N6O. The number of nitrogens with two attached hydrogens (primary N) is 1. The molecule has 4 aromatic rings. The molecule has 0 saturated carbocycles. The fourth-order valence-electron chi connectivity index (χ4n) is 2.97. The number of aromatic nitrogens is 3. The second-order valence-electron chi connectivity index (χ2n) is 6.61. The molecule has 0 aliphatic heterocycles. The number of amides is 1. The number of nitrogens with zero attached hydrogens (tertiary/aromatic N) is 4. The highest BCUT2D eigenvalue weighted by molar-refractivity contribution is 6.03. The SMILES string of the molecule is N#Cc1ccc(C(=O)Nc2cn3cc(-c4cnc(N)c(C(F)(F)F)c4)ccc3n2)cc1. The number of carbonyl (C=O) groups is 1. The van der Waals surface area contributed by atoms with Crippen LogP contribution >= 0.6 is 0 Å². The van der Waals surface area contributed by atoms with Gasteiger partial charge < -0.3 is 15.5 Å². The third kappa shape index (κ3) is 4.02. The van der Waals surface area contributed by atoms with Gasteiger partial charge in [-0.3, -0.25) is 4.79 Å². The number of carbonyl (C=O) groups excluding carboxylic acids is 1. The number of alkyl halides is 3. The standard InChI is InChI=1S/C21H13F3N6O/c22-21(23,24)16-7-15(9-27-19(16)26)14-5-6-18-28-17(11-30(18)10-14)29-20(31)13-3-1-12(8-25)2-4-13/h1-7,9-11H,(H2,26,27)(H,29,31). The summed E-state index contributed by atoms with van der Waals surface area (Å²) in [7, 11) is 0. The molecule has 1 aromatic carbocycles. The van der Waals surface area contributed by atoms with E-state index in [-0.39, 0.29) is 11.4 Å². The molecule has 0 saturated heterocycles. The first-order valence-corrected chi connectivity index (χ1v) is 8.88. The molecule has 154 valence electrons. The van der Waals surface area contributed by atoms with Gasteiger partial charge in [0.2, 0.25) is 0 Å². The third-order valence-electron chi connectivity index (χ3n) is 4.53. The number of hydrogen-bond donors (Lipinski definition) is 2. The second kappa shape index (κ2) is 7.46. The summed E-state index contributed by atoms with van der Waals surface area (Å²) in [6.07, 6.45) is -0.242. The van der Waals surface area contributed by atoms with Crippen LogP contribution < -0.4 is 11.1 Å². The van der Waals surface area contributed by atoms with Crippen LogP contribution in [0, 0.1) is 11.3 Å². The molecule has 3 N–H and O–H groups in total. The molecule has 0 spiro atoms. The third-order valence-corrected chi connectivity index (χ3v) is 4.53. The fraction of sp³-hybridized carbons (Fsp3) is 0.0476. The van der Waals surface area contributed by atoms with Crippen LogP contribution in [0.2, 0.25) is 0 Å². The predicted molar refractivity (Wildman–Crippen MR) is 107 cm³/mol. The van der Waals surface area contributed by atoms with Crippen LogP contribution in [0.5, 0.6) is 0 Å². The van der Waals surface area contributed by atoms with Crippen LogP contribution in [0.15, 0.2) is 61.1 Å². The Morgan fingerprint density at radius 3 is 2.52 bits per heavy atom. The molecule has 7 nitrogen and oxygen atoms in total. The van der Waals surface area contributed by atoms with E-state index in [2.05, 4.69) is 15.3 Å². The van der Waals surface area contributed by atoms with Gasteiger partial charge in [-0.25, -0.2) is 9.97 Å². The summed E-state index contributed by atoms with van der Waals surface area (Å²) in [6.45, 7) is 0. The van der Waals surface area contributed by atoms with Crippen molar-refractivity contribution in [2.24, 2.45) is 0 Å². The van der Waals surface area contributed by atoms with Crippen LogP contribution in [0.3, 0.4) is 0 Å². The molecular weight excluding hydrogens is 409 g/mol. The van der Waals surface area contributed by atoms with E-state index in [1.165, 1.54) is 36.7 Å². The number of rotatable bonds is 3. The van der Waals surface area contributed by atoms with Crippen LogP contribution in [-0.2, 0) is 6.18 Å². The Hall–Kier alpha value is -4.39. The van der Waals surface area contributed by atoms with Gasteiger partial charge in [-0.2, -0.15) is 18.4 Å². The highest BCUT2D eigenvalue weighted by atomic mass is 19.4. The topological polar surface area (TPSA) is 109 Å². The Morgan fingerprint density at radius 2 is 1.84 bits per heavy atom. The molecule has 0 aliphatic rings. The molecule has 1 amide bonds. The Kier molecular flexibility index (Phi) is 4.79. The van der Waals surface area contributed by atoms with E-state index in [0.717, 1.165) is 6.07 Å². The maximum absolute atomic E-state index is 13.1. The highest BCUT2D eigenvalue weighted by Crippen LogP contribution is 2.35. The van der Waals surface area contributed by atoms with Crippen molar-refractivity contribution in [2.45, 2.75) is 6.18 Å². The van der Waals surface area contributed by atoms with Crippen molar-refractivity contribution in [1.29, 1.82) is 5.26 Å². The Bertz CT molecular complexity index is 1340. The van der Waals surface area contributed by atoms with E-state index in [1.54, 1.807) is 22.7 Å². The molecule has 0 aliphatic carbocycles. The quantitative estimate of drug-likeness (QED) is 0.516. The number of fused-ring (bicyclic) bond motifs is 1. The lowest BCUT2D eigenvalue weighted by atomic mass is 10.1. The predicted octanol–water partition coefficient (Wildman–Crippen LogP) is 4.12. The molecule has 0 unspecified atom stereocenters. The van der Waals surface area contributed by atoms with Gasteiger partial charge in [0.25, 0.3) is 5.91 Å². The lowest BCUT2D eigenvalue weighted by Gasteiger charge is -2.11. The normalized spacial score (nSPS) is 11.3. The minimum Gasteiger partial charge on any atom is -0.383 e. The first-order valence-electron chi connectivity index (χ1n) is 8.88. The van der Waals surface area contributed by atoms with Crippen molar-refractivity contribution in [2.75, 3.05) is 11.1 Å². The zero-order valence-electron chi connectivity index (χ0n) is 15.7. The summed E-state index contributed by atoms with van der Waals surface area (Å²) < 4.78 is 40.9. The van der Waals surface area contributed by atoms with Crippen molar-refractivity contribution in [3.05, 3.63) is 77.7 Å². The van der Waals surface area contributed by atoms with Crippen molar-refractivity contribution in [1.82, 2.24) is 14.4 Å². The number of halogens is 3. The Balaban J connectivity index is 1.61.